The number of hydrogen-bond acceptors (Lipinski definition) is 6. The maximum absolute atomic E-state index is 13.8. The van der Waals surface area contributed by atoms with Crippen LogP contribution in [-0.2, 0) is 9.59 Å². The van der Waals surface area contributed by atoms with Crippen molar-refractivity contribution in [2.24, 2.45) is 23.7 Å². The van der Waals surface area contributed by atoms with Gasteiger partial charge in [-0.2, -0.15) is 0 Å². The molecule has 8 nitrogen and oxygen atoms in total. The van der Waals surface area contributed by atoms with Crippen LogP contribution in [0.2, 0.25) is 5.02 Å². The SMILES string of the molecule is COc1ccc(C(=C2[C@H]3C=C[C@H]2[C@@H]2C(=O)N(c4ccc(Cl)cc4[N+](=O)[O-])C(=O)[C@H]23)c2ccc(OC)cc2)cc1. The molecule has 1 heterocycles. The standard InChI is InChI=1S/C30H23ClN2O6/c1-38-19-8-3-16(4-9-19)25(17-5-10-20(39-2)11-6-17)26-21-12-13-22(26)28-27(21)29(34)32(30(28)35)23-14-7-18(31)15-24(23)33(36)37/h3-15,21-22,27-28H,1-2H3/t21-,22-,27+,28+/m1/s1. The van der Waals surface area contributed by atoms with E-state index in [9.17, 15) is 19.7 Å². The van der Waals surface area contributed by atoms with Crippen molar-refractivity contribution in [3.63, 3.8) is 0 Å². The lowest BCUT2D eigenvalue weighted by molar-refractivity contribution is -0.384. The second-order valence-corrected chi connectivity index (χ2v) is 10.1. The largest absolute Gasteiger partial charge is 0.497 e. The van der Waals surface area contributed by atoms with Gasteiger partial charge in [0.1, 0.15) is 17.2 Å². The summed E-state index contributed by atoms with van der Waals surface area (Å²) in [5, 5.41) is 11.9. The van der Waals surface area contributed by atoms with E-state index in [1.807, 2.05) is 60.7 Å². The Labute approximate surface area is 229 Å². The monoisotopic (exact) mass is 542 g/mol. The van der Waals surface area contributed by atoms with Crippen LogP contribution < -0.4 is 14.4 Å². The summed E-state index contributed by atoms with van der Waals surface area (Å²) in [5.41, 5.74) is 3.37. The van der Waals surface area contributed by atoms with Gasteiger partial charge in [0.2, 0.25) is 11.8 Å². The van der Waals surface area contributed by atoms with Crippen LogP contribution in [0.3, 0.4) is 0 Å². The number of hydrogen-bond donors (Lipinski definition) is 0. The Morgan fingerprint density at radius 2 is 1.31 bits per heavy atom. The van der Waals surface area contributed by atoms with Crippen molar-refractivity contribution in [1.29, 1.82) is 0 Å². The van der Waals surface area contributed by atoms with Crippen LogP contribution in [0.5, 0.6) is 11.5 Å². The molecule has 0 aromatic heterocycles. The number of halogens is 1. The van der Waals surface area contributed by atoms with Crippen LogP contribution in [0.4, 0.5) is 11.4 Å². The topological polar surface area (TPSA) is 99.0 Å². The number of carbonyl (C=O) groups is 2. The fourth-order valence-electron chi connectivity index (χ4n) is 6.18. The molecule has 2 fully saturated rings. The average Bonchev–Trinajstić information content (AvgIpc) is 3.58. The first-order valence-electron chi connectivity index (χ1n) is 12.4. The van der Waals surface area contributed by atoms with Crippen molar-refractivity contribution in [2.45, 2.75) is 0 Å². The fraction of sp³-hybridized carbons (Fsp3) is 0.200. The van der Waals surface area contributed by atoms with Gasteiger partial charge in [0.15, 0.2) is 0 Å². The minimum Gasteiger partial charge on any atom is -0.497 e. The number of amides is 2. The number of ether oxygens (including phenoxy) is 2. The van der Waals surface area contributed by atoms with Gasteiger partial charge in [0.05, 0.1) is 31.0 Å². The number of carbonyl (C=O) groups excluding carboxylic acids is 2. The summed E-state index contributed by atoms with van der Waals surface area (Å²) >= 11 is 5.98. The number of anilines is 1. The van der Waals surface area contributed by atoms with Gasteiger partial charge in [0, 0.05) is 22.9 Å². The zero-order chi connectivity index (χ0) is 27.4. The zero-order valence-corrected chi connectivity index (χ0v) is 21.8. The second-order valence-electron chi connectivity index (χ2n) is 9.68. The van der Waals surface area contributed by atoms with Gasteiger partial charge >= 0.3 is 0 Å². The third-order valence-electron chi connectivity index (χ3n) is 7.84. The molecule has 2 aliphatic carbocycles. The van der Waals surface area contributed by atoms with Crippen LogP contribution in [0.1, 0.15) is 11.1 Å². The van der Waals surface area contributed by atoms with Gasteiger partial charge in [0.25, 0.3) is 5.69 Å². The number of nitro groups is 1. The molecule has 9 heteroatoms. The molecule has 1 aliphatic heterocycles. The Hall–Kier alpha value is -4.43. The third-order valence-corrected chi connectivity index (χ3v) is 8.07. The molecule has 39 heavy (non-hydrogen) atoms. The summed E-state index contributed by atoms with van der Waals surface area (Å²) in [7, 11) is 3.21. The summed E-state index contributed by atoms with van der Waals surface area (Å²) in [6, 6.07) is 19.3. The first-order chi connectivity index (χ1) is 18.8. The van der Waals surface area contributed by atoms with E-state index in [0.717, 1.165) is 33.2 Å². The number of nitro benzene ring substituents is 1. The highest BCUT2D eigenvalue weighted by atomic mass is 35.5. The Morgan fingerprint density at radius 1 is 0.821 bits per heavy atom. The van der Waals surface area contributed by atoms with Crippen LogP contribution in [0.15, 0.2) is 84.5 Å². The molecule has 3 aliphatic rings. The van der Waals surface area contributed by atoms with Crippen molar-refractivity contribution in [1.82, 2.24) is 0 Å². The lowest BCUT2D eigenvalue weighted by atomic mass is 9.85. The Morgan fingerprint density at radius 3 is 1.74 bits per heavy atom. The lowest BCUT2D eigenvalue weighted by Crippen LogP contribution is -2.33. The molecule has 1 saturated heterocycles. The molecular formula is C30H23ClN2O6. The minimum absolute atomic E-state index is 0.0516. The predicted octanol–water partition coefficient (Wildman–Crippen LogP) is 5.69. The third kappa shape index (κ3) is 3.82. The molecule has 2 amide bonds. The highest BCUT2D eigenvalue weighted by Gasteiger charge is 2.63. The van der Waals surface area contributed by atoms with E-state index in [0.29, 0.717) is 11.5 Å². The summed E-state index contributed by atoms with van der Waals surface area (Å²) < 4.78 is 10.7. The van der Waals surface area contributed by atoms with Gasteiger partial charge < -0.3 is 9.47 Å². The molecule has 0 N–H and O–H groups in total. The van der Waals surface area contributed by atoms with E-state index in [2.05, 4.69) is 0 Å². The molecule has 2 bridgehead atoms. The van der Waals surface area contributed by atoms with E-state index in [-0.39, 0.29) is 28.2 Å². The summed E-state index contributed by atoms with van der Waals surface area (Å²) in [5.74, 6) is -1.39. The number of benzene rings is 3. The van der Waals surface area contributed by atoms with Crippen molar-refractivity contribution >= 4 is 40.4 Å². The number of imide groups is 1. The molecular weight excluding hydrogens is 520 g/mol. The minimum atomic E-state index is -0.649. The Bertz CT molecular complexity index is 1490. The number of allylic oxidation sites excluding steroid dienone is 3. The smallest absolute Gasteiger partial charge is 0.294 e. The second kappa shape index (κ2) is 9.39. The van der Waals surface area contributed by atoms with Crippen LogP contribution >= 0.6 is 11.6 Å². The Balaban J connectivity index is 1.47. The van der Waals surface area contributed by atoms with Crippen molar-refractivity contribution < 1.29 is 24.0 Å². The molecule has 1 saturated carbocycles. The van der Waals surface area contributed by atoms with Crippen molar-refractivity contribution in [3.05, 3.63) is 111 Å². The first-order valence-corrected chi connectivity index (χ1v) is 12.7. The van der Waals surface area contributed by atoms with Gasteiger partial charge in [-0.1, -0.05) is 48.0 Å². The molecule has 3 aromatic carbocycles. The molecule has 0 unspecified atom stereocenters. The molecule has 3 aromatic rings. The Kier molecular flexibility index (Phi) is 5.99. The summed E-state index contributed by atoms with van der Waals surface area (Å²) in [6.45, 7) is 0. The highest BCUT2D eigenvalue weighted by molar-refractivity contribution is 6.31. The van der Waals surface area contributed by atoms with E-state index in [1.165, 1.54) is 12.1 Å². The maximum Gasteiger partial charge on any atom is 0.294 e. The van der Waals surface area contributed by atoms with Crippen LogP contribution in [-0.4, -0.2) is 31.0 Å². The zero-order valence-electron chi connectivity index (χ0n) is 21.0. The van der Waals surface area contributed by atoms with Crippen LogP contribution in [0.25, 0.3) is 5.57 Å². The number of nitrogens with zero attached hydrogens (tertiary/aromatic N) is 2. The fourth-order valence-corrected chi connectivity index (χ4v) is 6.35. The van der Waals surface area contributed by atoms with Gasteiger partial charge in [-0.3, -0.25) is 19.7 Å². The van der Waals surface area contributed by atoms with Crippen molar-refractivity contribution in [3.8, 4) is 11.5 Å². The maximum atomic E-state index is 13.8. The van der Waals surface area contributed by atoms with E-state index >= 15 is 0 Å². The van der Waals surface area contributed by atoms with E-state index < -0.39 is 28.6 Å². The quantitative estimate of drug-likeness (QED) is 0.172. The molecule has 0 spiro atoms. The van der Waals surface area contributed by atoms with E-state index in [1.54, 1.807) is 14.2 Å². The normalized spacial score (nSPS) is 22.8. The molecule has 196 valence electrons. The van der Waals surface area contributed by atoms with Gasteiger partial charge in [-0.25, -0.2) is 4.90 Å². The van der Waals surface area contributed by atoms with Gasteiger partial charge in [-0.05, 0) is 58.7 Å². The first kappa shape index (κ1) is 24.9. The number of rotatable bonds is 6. The number of fused-ring (bicyclic) bond motifs is 5. The van der Waals surface area contributed by atoms with Crippen LogP contribution in [0, 0.1) is 33.8 Å². The lowest BCUT2D eigenvalue weighted by Gasteiger charge is -2.22. The van der Waals surface area contributed by atoms with Crippen molar-refractivity contribution in [2.75, 3.05) is 19.1 Å². The van der Waals surface area contributed by atoms with E-state index in [4.69, 9.17) is 21.1 Å². The molecule has 6 rings (SSSR count). The number of methoxy groups -OCH3 is 2. The molecule has 4 atom stereocenters. The summed E-state index contributed by atoms with van der Waals surface area (Å²) in [6.07, 6.45) is 3.97. The van der Waals surface area contributed by atoms with Gasteiger partial charge in [-0.15, -0.1) is 0 Å². The molecule has 0 radical (unpaired) electrons. The highest BCUT2D eigenvalue weighted by Crippen LogP contribution is 2.59. The predicted molar refractivity (Wildman–Crippen MR) is 146 cm³/mol. The average molecular weight is 543 g/mol. The summed E-state index contributed by atoms with van der Waals surface area (Å²) in [4.78, 5) is 39.7.